The second-order valence-electron chi connectivity index (χ2n) is 5.08. The van der Waals surface area contributed by atoms with Gasteiger partial charge in [-0.2, -0.15) is 0 Å². The summed E-state index contributed by atoms with van der Waals surface area (Å²) < 4.78 is 23.1. The van der Waals surface area contributed by atoms with Crippen LogP contribution in [0, 0.1) is 5.41 Å². The van der Waals surface area contributed by atoms with Crippen LogP contribution in [0.1, 0.15) is 17.5 Å². The Bertz CT molecular complexity index is 576. The second-order valence-corrected chi connectivity index (χ2v) is 7.26. The standard InChI is InChI=1S/C13H16O5S/c14-8-11-3-1-10(2-4-11)7-13(12(15)16)5-6-19(17,18)9-13/h1-4,14H,5-9H2,(H,15,16). The van der Waals surface area contributed by atoms with Crippen molar-refractivity contribution in [2.45, 2.75) is 19.4 Å². The fraction of sp³-hybridized carbons (Fsp3) is 0.462. The number of hydrogen-bond acceptors (Lipinski definition) is 4. The van der Waals surface area contributed by atoms with E-state index in [0.29, 0.717) is 0 Å². The zero-order valence-electron chi connectivity index (χ0n) is 10.4. The van der Waals surface area contributed by atoms with Gasteiger partial charge >= 0.3 is 5.97 Å². The first-order valence-corrected chi connectivity index (χ1v) is 7.82. The molecule has 1 fully saturated rings. The number of carboxylic acids is 1. The smallest absolute Gasteiger partial charge is 0.311 e. The average Bonchev–Trinajstić information content (AvgIpc) is 2.67. The molecule has 1 aliphatic heterocycles. The van der Waals surface area contributed by atoms with E-state index in [1.54, 1.807) is 24.3 Å². The van der Waals surface area contributed by atoms with Crippen LogP contribution in [0.4, 0.5) is 0 Å². The Morgan fingerprint density at radius 1 is 1.21 bits per heavy atom. The minimum atomic E-state index is -3.25. The number of sulfone groups is 1. The molecule has 1 aliphatic rings. The Labute approximate surface area is 111 Å². The summed E-state index contributed by atoms with van der Waals surface area (Å²) in [7, 11) is -3.25. The van der Waals surface area contributed by atoms with Gasteiger partial charge < -0.3 is 10.2 Å². The van der Waals surface area contributed by atoms with Crippen LogP contribution in [0.3, 0.4) is 0 Å². The lowest BCUT2D eigenvalue weighted by atomic mass is 9.81. The second kappa shape index (κ2) is 4.94. The third-order valence-corrected chi connectivity index (χ3v) is 5.41. The highest BCUT2D eigenvalue weighted by Gasteiger charge is 2.48. The number of hydrogen-bond donors (Lipinski definition) is 2. The van der Waals surface area contributed by atoms with E-state index in [9.17, 15) is 18.3 Å². The molecule has 2 N–H and O–H groups in total. The van der Waals surface area contributed by atoms with Crippen molar-refractivity contribution in [1.29, 1.82) is 0 Å². The number of carboxylic acid groups (broad SMARTS) is 1. The van der Waals surface area contributed by atoms with Crippen molar-refractivity contribution >= 4 is 15.8 Å². The number of aliphatic hydroxyl groups is 1. The molecule has 0 saturated carbocycles. The molecule has 2 rings (SSSR count). The summed E-state index contributed by atoms with van der Waals surface area (Å²) in [6.45, 7) is -0.0707. The maximum absolute atomic E-state index is 11.5. The minimum Gasteiger partial charge on any atom is -0.481 e. The third-order valence-electron chi connectivity index (χ3n) is 3.59. The molecule has 19 heavy (non-hydrogen) atoms. The van der Waals surface area contributed by atoms with Gasteiger partial charge in [0.15, 0.2) is 9.84 Å². The van der Waals surface area contributed by atoms with Gasteiger partial charge in [-0.15, -0.1) is 0 Å². The normalized spacial score (nSPS) is 25.3. The zero-order chi connectivity index (χ0) is 14.1. The Kier molecular flexibility index (Phi) is 3.64. The molecule has 0 bridgehead atoms. The Morgan fingerprint density at radius 2 is 1.79 bits per heavy atom. The van der Waals surface area contributed by atoms with Crippen LogP contribution in [-0.4, -0.2) is 36.1 Å². The molecule has 0 radical (unpaired) electrons. The van der Waals surface area contributed by atoms with Gasteiger partial charge in [0.2, 0.25) is 0 Å². The first-order chi connectivity index (χ1) is 8.87. The molecule has 0 aliphatic carbocycles. The predicted octanol–water partition coefficient (Wildman–Crippen LogP) is 0.611. The van der Waals surface area contributed by atoms with E-state index >= 15 is 0 Å². The molecule has 1 unspecified atom stereocenters. The van der Waals surface area contributed by atoms with Gasteiger partial charge in [-0.1, -0.05) is 24.3 Å². The number of benzene rings is 1. The average molecular weight is 284 g/mol. The third kappa shape index (κ3) is 2.96. The molecule has 1 atom stereocenters. The van der Waals surface area contributed by atoms with Crippen molar-refractivity contribution in [3.05, 3.63) is 35.4 Å². The molecule has 5 nitrogen and oxygen atoms in total. The Morgan fingerprint density at radius 3 is 2.21 bits per heavy atom. The lowest BCUT2D eigenvalue weighted by molar-refractivity contribution is -0.147. The molecule has 1 saturated heterocycles. The van der Waals surface area contributed by atoms with Crippen LogP contribution in [0.5, 0.6) is 0 Å². The maximum atomic E-state index is 11.5. The van der Waals surface area contributed by atoms with Gasteiger partial charge in [0.1, 0.15) is 0 Å². The van der Waals surface area contributed by atoms with Gasteiger partial charge in [0.25, 0.3) is 0 Å². The van der Waals surface area contributed by atoms with Crippen LogP contribution in [0.2, 0.25) is 0 Å². The van der Waals surface area contributed by atoms with E-state index in [1.165, 1.54) is 0 Å². The fourth-order valence-corrected chi connectivity index (χ4v) is 4.51. The summed E-state index contributed by atoms with van der Waals surface area (Å²) in [4.78, 5) is 11.4. The molecular formula is C13H16O5S. The van der Waals surface area contributed by atoms with Crippen molar-refractivity contribution in [3.8, 4) is 0 Å². The van der Waals surface area contributed by atoms with E-state index in [2.05, 4.69) is 0 Å². The van der Waals surface area contributed by atoms with E-state index in [-0.39, 0.29) is 31.0 Å². The van der Waals surface area contributed by atoms with Crippen LogP contribution >= 0.6 is 0 Å². The summed E-state index contributed by atoms with van der Waals surface area (Å²) in [6, 6.07) is 6.91. The SMILES string of the molecule is O=C(O)C1(Cc2ccc(CO)cc2)CCS(=O)(=O)C1. The lowest BCUT2D eigenvalue weighted by Gasteiger charge is -2.22. The van der Waals surface area contributed by atoms with Crippen molar-refractivity contribution in [3.63, 3.8) is 0 Å². The van der Waals surface area contributed by atoms with Gasteiger partial charge in [0, 0.05) is 0 Å². The lowest BCUT2D eigenvalue weighted by Crippen LogP contribution is -2.34. The highest BCUT2D eigenvalue weighted by molar-refractivity contribution is 7.91. The highest BCUT2D eigenvalue weighted by Crippen LogP contribution is 2.36. The monoisotopic (exact) mass is 284 g/mol. The first kappa shape index (κ1) is 14.0. The summed E-state index contributed by atoms with van der Waals surface area (Å²) >= 11 is 0. The number of rotatable bonds is 4. The van der Waals surface area contributed by atoms with Crippen LogP contribution < -0.4 is 0 Å². The molecular weight excluding hydrogens is 268 g/mol. The maximum Gasteiger partial charge on any atom is 0.311 e. The number of aliphatic hydroxyl groups excluding tert-OH is 1. The van der Waals surface area contributed by atoms with E-state index < -0.39 is 21.2 Å². The largest absolute Gasteiger partial charge is 0.481 e. The summed E-state index contributed by atoms with van der Waals surface area (Å²) in [5, 5.41) is 18.3. The Hall–Kier alpha value is -1.40. The van der Waals surface area contributed by atoms with Gasteiger partial charge in [-0.25, -0.2) is 8.42 Å². The quantitative estimate of drug-likeness (QED) is 0.845. The van der Waals surface area contributed by atoms with E-state index in [0.717, 1.165) is 11.1 Å². The topological polar surface area (TPSA) is 91.7 Å². The fourth-order valence-electron chi connectivity index (χ4n) is 2.45. The molecule has 1 heterocycles. The minimum absolute atomic E-state index is 0.0615. The molecule has 6 heteroatoms. The summed E-state index contributed by atoms with van der Waals surface area (Å²) in [5.74, 6) is -1.41. The van der Waals surface area contributed by atoms with Crippen LogP contribution in [0.15, 0.2) is 24.3 Å². The first-order valence-electron chi connectivity index (χ1n) is 5.99. The molecule has 0 amide bonds. The summed E-state index contributed by atoms with van der Waals surface area (Å²) in [6.07, 6.45) is 0.361. The van der Waals surface area contributed by atoms with Crippen molar-refractivity contribution in [2.75, 3.05) is 11.5 Å². The predicted molar refractivity (Wildman–Crippen MR) is 69.4 cm³/mol. The van der Waals surface area contributed by atoms with E-state index in [4.69, 9.17) is 5.11 Å². The summed E-state index contributed by atoms with van der Waals surface area (Å²) in [5.41, 5.74) is 0.309. The molecule has 0 spiro atoms. The van der Waals surface area contributed by atoms with Crippen molar-refractivity contribution in [1.82, 2.24) is 0 Å². The van der Waals surface area contributed by atoms with Crippen LogP contribution in [-0.2, 0) is 27.7 Å². The van der Waals surface area contributed by atoms with Crippen molar-refractivity contribution < 1.29 is 23.4 Å². The van der Waals surface area contributed by atoms with Gasteiger partial charge in [0.05, 0.1) is 23.5 Å². The number of carbonyl (C=O) groups is 1. The van der Waals surface area contributed by atoms with Crippen LogP contribution in [0.25, 0.3) is 0 Å². The van der Waals surface area contributed by atoms with Crippen molar-refractivity contribution in [2.24, 2.45) is 5.41 Å². The van der Waals surface area contributed by atoms with Gasteiger partial charge in [-0.3, -0.25) is 4.79 Å². The van der Waals surface area contributed by atoms with Gasteiger partial charge in [-0.05, 0) is 24.0 Å². The molecule has 1 aromatic rings. The number of aliphatic carboxylic acids is 1. The molecule has 0 aromatic heterocycles. The molecule has 104 valence electrons. The Balaban J connectivity index is 2.24. The zero-order valence-corrected chi connectivity index (χ0v) is 11.2. The van der Waals surface area contributed by atoms with E-state index in [1.807, 2.05) is 0 Å². The highest BCUT2D eigenvalue weighted by atomic mass is 32.2. The molecule has 1 aromatic carbocycles.